The molecule has 0 radical (unpaired) electrons. The van der Waals surface area contributed by atoms with Crippen LogP contribution in [-0.4, -0.2) is 23.9 Å². The van der Waals surface area contributed by atoms with Crippen LogP contribution in [0, 0.1) is 0 Å². The maximum absolute atomic E-state index is 12.8. The first-order chi connectivity index (χ1) is 16.1. The molecule has 0 bridgehead atoms. The van der Waals surface area contributed by atoms with Gasteiger partial charge in [0, 0.05) is 5.56 Å². The second-order valence-electron chi connectivity index (χ2n) is 7.59. The number of anilines is 1. The number of nitrogens with one attached hydrogen (secondary N) is 1. The van der Waals surface area contributed by atoms with Gasteiger partial charge in [-0.15, -0.1) is 0 Å². The third-order valence-corrected chi connectivity index (χ3v) is 5.85. The van der Waals surface area contributed by atoms with Gasteiger partial charge in [0.2, 0.25) is 0 Å². The highest BCUT2D eigenvalue weighted by molar-refractivity contribution is 6.42. The predicted octanol–water partition coefficient (Wildman–Crippen LogP) is 5.93. The number of carbonyl (C=O) groups is 3. The van der Waals surface area contributed by atoms with Gasteiger partial charge in [-0.25, -0.2) is 9.80 Å². The Bertz CT molecular complexity index is 1350. The molecule has 1 N–H and O–H groups in total. The molecule has 4 rings (SSSR count). The van der Waals surface area contributed by atoms with Crippen LogP contribution in [0.25, 0.3) is 17.4 Å². The van der Waals surface area contributed by atoms with Crippen LogP contribution in [0.4, 0.5) is 5.69 Å². The minimum Gasteiger partial charge on any atom is -0.459 e. The van der Waals surface area contributed by atoms with E-state index in [1.165, 1.54) is 18.2 Å². The van der Waals surface area contributed by atoms with E-state index in [1.54, 1.807) is 50.2 Å². The van der Waals surface area contributed by atoms with Gasteiger partial charge in [0.1, 0.15) is 17.1 Å². The van der Waals surface area contributed by atoms with E-state index in [1.807, 2.05) is 0 Å². The average Bonchev–Trinajstić information content (AvgIpc) is 3.36. The van der Waals surface area contributed by atoms with Gasteiger partial charge in [-0.1, -0.05) is 34.8 Å². The first-order valence-electron chi connectivity index (χ1n) is 10.1. The van der Waals surface area contributed by atoms with Crippen LogP contribution in [0.2, 0.25) is 15.1 Å². The van der Waals surface area contributed by atoms with Crippen molar-refractivity contribution in [2.45, 2.75) is 20.0 Å². The maximum atomic E-state index is 12.8. The highest BCUT2D eigenvalue weighted by atomic mass is 35.5. The Kier molecular flexibility index (Phi) is 6.70. The number of hydrogen-bond donors (Lipinski definition) is 1. The highest BCUT2D eigenvalue weighted by Gasteiger charge is 2.35. The van der Waals surface area contributed by atoms with Crippen molar-refractivity contribution in [2.75, 3.05) is 5.01 Å². The van der Waals surface area contributed by atoms with E-state index < -0.39 is 17.8 Å². The number of amides is 2. The van der Waals surface area contributed by atoms with Gasteiger partial charge in [0.05, 0.1) is 32.4 Å². The molecule has 1 aliphatic rings. The Morgan fingerprint density at radius 1 is 1.00 bits per heavy atom. The molecule has 2 amide bonds. The summed E-state index contributed by atoms with van der Waals surface area (Å²) in [7, 11) is 0. The molecule has 0 aliphatic carbocycles. The zero-order valence-electron chi connectivity index (χ0n) is 17.9. The van der Waals surface area contributed by atoms with Gasteiger partial charge >= 0.3 is 5.97 Å². The standard InChI is InChI=1S/C24H17Cl3N2O5/c1-12(2)33-24(32)16-9-13(3-6-18(16)25)21-8-5-15(34-21)11-17-22(30)28-29(23(17)31)14-4-7-19(26)20(27)10-14/h3-12H,1-2H3,(H,28,30). The topological polar surface area (TPSA) is 88.9 Å². The normalized spacial score (nSPS) is 14.8. The summed E-state index contributed by atoms with van der Waals surface area (Å²) in [6, 6.07) is 12.6. The van der Waals surface area contributed by atoms with Crippen molar-refractivity contribution >= 4 is 64.3 Å². The molecule has 0 atom stereocenters. The maximum Gasteiger partial charge on any atom is 0.339 e. The summed E-state index contributed by atoms with van der Waals surface area (Å²) in [6.45, 7) is 3.48. The molecule has 3 aromatic rings. The fourth-order valence-corrected chi connectivity index (χ4v) is 3.69. The SMILES string of the molecule is CC(C)OC(=O)c1cc(-c2ccc(C=C3C(=O)NN(c4ccc(Cl)c(Cl)c4)C3=O)o2)ccc1Cl. The fourth-order valence-electron chi connectivity index (χ4n) is 3.20. The Morgan fingerprint density at radius 2 is 1.74 bits per heavy atom. The number of nitrogens with zero attached hydrogens (tertiary/aromatic N) is 1. The van der Waals surface area contributed by atoms with Crippen molar-refractivity contribution in [3.8, 4) is 11.3 Å². The van der Waals surface area contributed by atoms with Gasteiger partial charge in [0.15, 0.2) is 0 Å². The lowest BCUT2D eigenvalue weighted by atomic mass is 10.1. The molecule has 2 heterocycles. The molecule has 2 aromatic carbocycles. The molecular formula is C24H17Cl3N2O5. The zero-order valence-corrected chi connectivity index (χ0v) is 20.2. The zero-order chi connectivity index (χ0) is 24.6. The number of hydrazine groups is 1. The van der Waals surface area contributed by atoms with Crippen molar-refractivity contribution < 1.29 is 23.5 Å². The molecule has 1 saturated heterocycles. The minimum atomic E-state index is -0.598. The van der Waals surface area contributed by atoms with E-state index in [0.717, 1.165) is 5.01 Å². The largest absolute Gasteiger partial charge is 0.459 e. The Morgan fingerprint density at radius 3 is 2.44 bits per heavy atom. The number of halogens is 3. The lowest BCUT2D eigenvalue weighted by Crippen LogP contribution is -2.35. The molecule has 1 aromatic heterocycles. The number of rotatable bonds is 5. The van der Waals surface area contributed by atoms with E-state index in [4.69, 9.17) is 44.0 Å². The summed E-state index contributed by atoms with van der Waals surface area (Å²) in [5.41, 5.74) is 3.50. The van der Waals surface area contributed by atoms with Crippen LogP contribution in [0.15, 0.2) is 58.5 Å². The van der Waals surface area contributed by atoms with Crippen molar-refractivity contribution in [3.05, 3.63) is 80.5 Å². The number of esters is 1. The first-order valence-corrected chi connectivity index (χ1v) is 11.2. The van der Waals surface area contributed by atoms with Crippen LogP contribution >= 0.6 is 34.8 Å². The van der Waals surface area contributed by atoms with Crippen molar-refractivity contribution in [3.63, 3.8) is 0 Å². The molecule has 10 heteroatoms. The van der Waals surface area contributed by atoms with Crippen LogP contribution < -0.4 is 10.4 Å². The summed E-state index contributed by atoms with van der Waals surface area (Å²) in [5, 5.41) is 1.89. The molecule has 0 unspecified atom stereocenters. The molecule has 7 nitrogen and oxygen atoms in total. The Labute approximate surface area is 209 Å². The molecule has 0 saturated carbocycles. The van der Waals surface area contributed by atoms with Gasteiger partial charge in [-0.05, 0) is 68.5 Å². The van der Waals surface area contributed by atoms with E-state index in [9.17, 15) is 14.4 Å². The third-order valence-electron chi connectivity index (χ3n) is 4.78. The third kappa shape index (κ3) is 4.82. The van der Waals surface area contributed by atoms with Crippen LogP contribution in [0.3, 0.4) is 0 Å². The van der Waals surface area contributed by atoms with Crippen LogP contribution in [-0.2, 0) is 14.3 Å². The smallest absolute Gasteiger partial charge is 0.339 e. The lowest BCUT2D eigenvalue weighted by molar-refractivity contribution is -0.117. The predicted molar refractivity (Wildman–Crippen MR) is 130 cm³/mol. The van der Waals surface area contributed by atoms with E-state index in [0.29, 0.717) is 22.0 Å². The van der Waals surface area contributed by atoms with Gasteiger partial charge < -0.3 is 9.15 Å². The van der Waals surface area contributed by atoms with E-state index in [2.05, 4.69) is 5.43 Å². The highest BCUT2D eigenvalue weighted by Crippen LogP contribution is 2.31. The van der Waals surface area contributed by atoms with Gasteiger partial charge in [-0.2, -0.15) is 0 Å². The monoisotopic (exact) mass is 518 g/mol. The number of benzene rings is 2. The van der Waals surface area contributed by atoms with Crippen LogP contribution in [0.5, 0.6) is 0 Å². The molecule has 1 fully saturated rings. The first kappa shape index (κ1) is 23.9. The summed E-state index contributed by atoms with van der Waals surface area (Å²) in [5.74, 6) is -1.04. The van der Waals surface area contributed by atoms with Crippen molar-refractivity contribution in [1.29, 1.82) is 0 Å². The number of hydrogen-bond acceptors (Lipinski definition) is 5. The molecule has 174 valence electrons. The summed E-state index contributed by atoms with van der Waals surface area (Å²) >= 11 is 18.1. The Hall–Kier alpha value is -3.26. The van der Waals surface area contributed by atoms with E-state index >= 15 is 0 Å². The summed E-state index contributed by atoms with van der Waals surface area (Å²) in [6.07, 6.45) is 1.04. The molecular weight excluding hydrogens is 503 g/mol. The number of carbonyl (C=O) groups excluding carboxylic acids is 3. The van der Waals surface area contributed by atoms with Gasteiger partial charge in [-0.3, -0.25) is 15.0 Å². The summed E-state index contributed by atoms with van der Waals surface area (Å²) < 4.78 is 11.0. The second-order valence-corrected chi connectivity index (χ2v) is 8.81. The van der Waals surface area contributed by atoms with Crippen molar-refractivity contribution in [1.82, 2.24) is 5.43 Å². The lowest BCUT2D eigenvalue weighted by Gasteiger charge is -2.15. The minimum absolute atomic E-state index is 0.121. The number of ether oxygens (including phenoxy) is 1. The van der Waals surface area contributed by atoms with Gasteiger partial charge in [0.25, 0.3) is 11.8 Å². The van der Waals surface area contributed by atoms with Crippen LogP contribution in [0.1, 0.15) is 30.0 Å². The molecule has 1 aliphatic heterocycles. The number of furan rings is 1. The Balaban J connectivity index is 1.59. The van der Waals surface area contributed by atoms with E-state index in [-0.39, 0.29) is 33.0 Å². The fraction of sp³-hybridized carbons (Fsp3) is 0.125. The molecule has 0 spiro atoms. The second kappa shape index (κ2) is 9.54. The quantitative estimate of drug-likeness (QED) is 0.256. The summed E-state index contributed by atoms with van der Waals surface area (Å²) in [4.78, 5) is 37.6. The molecule has 34 heavy (non-hydrogen) atoms. The average molecular weight is 520 g/mol. The van der Waals surface area contributed by atoms with Crippen molar-refractivity contribution in [2.24, 2.45) is 0 Å².